The lowest BCUT2D eigenvalue weighted by Crippen LogP contribution is -2.60. The number of carbonyl (C=O) groups is 2. The molecule has 0 bridgehead atoms. The number of hydrogen-bond acceptors (Lipinski definition) is 10. The summed E-state index contributed by atoms with van der Waals surface area (Å²) in [6.07, 6.45) is 80.4. The molecular formula is C80H151NO10. The van der Waals surface area contributed by atoms with Crippen LogP contribution in [0.5, 0.6) is 0 Å². The number of carbonyl (C=O) groups excluding carboxylic acids is 2. The average molecular weight is 1290 g/mol. The normalized spacial score (nSPS) is 17.7. The molecule has 536 valence electrons. The summed E-state index contributed by atoms with van der Waals surface area (Å²) in [7, 11) is 0. The zero-order chi connectivity index (χ0) is 65.8. The molecule has 0 radical (unpaired) electrons. The molecule has 0 aromatic rings. The van der Waals surface area contributed by atoms with E-state index in [4.69, 9.17) is 14.2 Å². The van der Waals surface area contributed by atoms with Crippen LogP contribution in [0.4, 0.5) is 0 Å². The van der Waals surface area contributed by atoms with Gasteiger partial charge < -0.3 is 45.1 Å². The summed E-state index contributed by atoms with van der Waals surface area (Å²) in [5.74, 6) is -0.169. The maximum Gasteiger partial charge on any atom is 0.305 e. The molecular weight excluding hydrogens is 1130 g/mol. The Kier molecular flexibility index (Phi) is 66.1. The highest BCUT2D eigenvalue weighted by Gasteiger charge is 2.44. The third-order valence-corrected chi connectivity index (χ3v) is 19.0. The number of allylic oxidation sites excluding steroid dienone is 5. The first-order chi connectivity index (χ1) is 44.7. The molecule has 91 heavy (non-hydrogen) atoms. The Morgan fingerprint density at radius 1 is 0.396 bits per heavy atom. The number of hydrogen-bond donors (Lipinski definition) is 6. The smallest absolute Gasteiger partial charge is 0.305 e. The molecule has 1 aliphatic rings. The van der Waals surface area contributed by atoms with Crippen LogP contribution in [0.1, 0.15) is 399 Å². The van der Waals surface area contributed by atoms with Gasteiger partial charge in [-0.3, -0.25) is 9.59 Å². The van der Waals surface area contributed by atoms with E-state index in [-0.39, 0.29) is 18.5 Å². The van der Waals surface area contributed by atoms with Gasteiger partial charge in [-0.25, -0.2) is 0 Å². The van der Waals surface area contributed by atoms with Gasteiger partial charge in [-0.2, -0.15) is 0 Å². The molecule has 6 N–H and O–H groups in total. The van der Waals surface area contributed by atoms with Gasteiger partial charge in [0.25, 0.3) is 0 Å². The second kappa shape index (κ2) is 69.2. The van der Waals surface area contributed by atoms with Crippen molar-refractivity contribution in [2.24, 2.45) is 0 Å². The third-order valence-electron chi connectivity index (χ3n) is 19.0. The molecule has 1 fully saturated rings. The lowest BCUT2D eigenvalue weighted by atomic mass is 9.99. The molecule has 7 atom stereocenters. The van der Waals surface area contributed by atoms with Crippen molar-refractivity contribution in [3.05, 3.63) is 36.5 Å². The van der Waals surface area contributed by atoms with Gasteiger partial charge in [0, 0.05) is 12.8 Å². The second-order valence-corrected chi connectivity index (χ2v) is 27.8. The van der Waals surface area contributed by atoms with Crippen molar-refractivity contribution >= 4 is 11.9 Å². The number of ether oxygens (including phenoxy) is 3. The number of aliphatic hydroxyl groups is 5. The number of nitrogens with one attached hydrogen (secondary N) is 1. The van der Waals surface area contributed by atoms with Gasteiger partial charge >= 0.3 is 5.97 Å². The largest absolute Gasteiger partial charge is 0.466 e. The zero-order valence-electron chi connectivity index (χ0n) is 59.8. The minimum atomic E-state index is -1.57. The van der Waals surface area contributed by atoms with E-state index < -0.39 is 49.5 Å². The molecule has 0 aromatic heterocycles. The van der Waals surface area contributed by atoms with Gasteiger partial charge in [0.2, 0.25) is 5.91 Å². The van der Waals surface area contributed by atoms with Crippen LogP contribution in [0.15, 0.2) is 36.5 Å². The maximum absolute atomic E-state index is 13.1. The fourth-order valence-electron chi connectivity index (χ4n) is 12.7. The topological polar surface area (TPSA) is 175 Å². The molecule has 0 aliphatic carbocycles. The van der Waals surface area contributed by atoms with Gasteiger partial charge in [-0.15, -0.1) is 0 Å². The first-order valence-corrected chi connectivity index (χ1v) is 39.8. The van der Waals surface area contributed by atoms with Crippen LogP contribution in [0.2, 0.25) is 0 Å². The van der Waals surface area contributed by atoms with Crippen LogP contribution in [0.25, 0.3) is 0 Å². The number of rotatable bonds is 71. The first-order valence-electron chi connectivity index (χ1n) is 39.8. The van der Waals surface area contributed by atoms with Crippen LogP contribution in [0, 0.1) is 0 Å². The average Bonchev–Trinajstić information content (AvgIpc) is 1.98. The van der Waals surface area contributed by atoms with Crippen LogP contribution < -0.4 is 5.32 Å². The summed E-state index contributed by atoms with van der Waals surface area (Å²) in [6, 6.07) is -0.824. The Balaban J connectivity index is 1.90. The Bertz CT molecular complexity index is 1610. The predicted molar refractivity (Wildman–Crippen MR) is 384 cm³/mol. The van der Waals surface area contributed by atoms with Crippen molar-refractivity contribution in [1.29, 1.82) is 0 Å². The minimum absolute atomic E-state index is 0.0168. The summed E-state index contributed by atoms with van der Waals surface area (Å²) in [6.45, 7) is 4.37. The van der Waals surface area contributed by atoms with Crippen LogP contribution >= 0.6 is 0 Å². The SMILES string of the molecule is CCCCCCCCC/C=C/CC/C=C/C(O)C(COC1OC(CO)C(O)C(O)C1O)NC(=O)CCCCCCCCCCCCCCCCCCC/C=C\CCCCCCCCCCCCCCCCCCCCOC(=O)CCCCCCCCCCCCC. The molecule has 1 amide bonds. The lowest BCUT2D eigenvalue weighted by Gasteiger charge is -2.40. The quantitative estimate of drug-likeness (QED) is 0.0195. The van der Waals surface area contributed by atoms with Crippen molar-refractivity contribution in [2.45, 2.75) is 442 Å². The summed E-state index contributed by atoms with van der Waals surface area (Å²) in [5, 5.41) is 54.5. The molecule has 0 saturated carbocycles. The lowest BCUT2D eigenvalue weighted by molar-refractivity contribution is -0.302. The summed E-state index contributed by atoms with van der Waals surface area (Å²) < 4.78 is 16.7. The summed E-state index contributed by atoms with van der Waals surface area (Å²) in [5.41, 5.74) is 0. The van der Waals surface area contributed by atoms with E-state index in [1.54, 1.807) is 6.08 Å². The first kappa shape index (κ1) is 86.9. The highest BCUT2D eigenvalue weighted by atomic mass is 16.7. The number of unbranched alkanes of at least 4 members (excludes halogenated alkanes) is 53. The van der Waals surface area contributed by atoms with Crippen LogP contribution in [-0.2, 0) is 23.8 Å². The van der Waals surface area contributed by atoms with Crippen molar-refractivity contribution in [1.82, 2.24) is 5.32 Å². The molecule has 1 aliphatic heterocycles. The van der Waals surface area contributed by atoms with Gasteiger partial charge in [-0.05, 0) is 70.6 Å². The van der Waals surface area contributed by atoms with Gasteiger partial charge in [0.05, 0.1) is 32.0 Å². The molecule has 7 unspecified atom stereocenters. The molecule has 1 rings (SSSR count). The Labute approximate surface area is 562 Å². The fourth-order valence-corrected chi connectivity index (χ4v) is 12.7. The minimum Gasteiger partial charge on any atom is -0.466 e. The Morgan fingerprint density at radius 3 is 1.09 bits per heavy atom. The van der Waals surface area contributed by atoms with E-state index in [1.165, 1.54) is 321 Å². The van der Waals surface area contributed by atoms with Gasteiger partial charge in [-0.1, -0.05) is 352 Å². The number of esters is 1. The molecule has 0 spiro atoms. The monoisotopic (exact) mass is 1290 g/mol. The van der Waals surface area contributed by atoms with Crippen LogP contribution in [-0.4, -0.2) is 100 Å². The highest BCUT2D eigenvalue weighted by molar-refractivity contribution is 5.76. The number of amides is 1. The van der Waals surface area contributed by atoms with E-state index in [0.29, 0.717) is 19.4 Å². The van der Waals surface area contributed by atoms with E-state index in [9.17, 15) is 35.1 Å². The standard InChI is InChI=1S/C80H151NO10/c1-3-5-7-9-11-13-15-43-47-50-54-58-62-66-73(83)72(71-90-80-79(88)78(87)77(86)74(70-82)91-80)81-75(84)67-63-59-55-51-48-44-41-39-37-35-33-31-29-27-25-23-21-19-17-16-18-20-22-24-26-28-30-32-34-36-38-40-42-45-49-53-57-61-65-69-89-76(85)68-64-60-56-52-46-14-12-10-8-6-4-2/h16-17,47,50,62,66,72-74,77-80,82-83,86-88H,3-15,18-46,48-49,51-61,63-65,67-71H2,1-2H3,(H,81,84)/b17-16-,50-47+,66-62+. The van der Waals surface area contributed by atoms with Crippen molar-refractivity contribution < 1.29 is 49.3 Å². The van der Waals surface area contributed by atoms with Crippen molar-refractivity contribution in [3.63, 3.8) is 0 Å². The fraction of sp³-hybridized carbons (Fsp3) is 0.900. The second-order valence-electron chi connectivity index (χ2n) is 27.8. The molecule has 11 nitrogen and oxygen atoms in total. The van der Waals surface area contributed by atoms with E-state index in [1.807, 2.05) is 6.08 Å². The van der Waals surface area contributed by atoms with Crippen molar-refractivity contribution in [3.8, 4) is 0 Å². The number of aliphatic hydroxyl groups excluding tert-OH is 5. The predicted octanol–water partition coefficient (Wildman–Crippen LogP) is 21.3. The molecule has 11 heteroatoms. The van der Waals surface area contributed by atoms with E-state index in [0.717, 1.165) is 51.4 Å². The summed E-state index contributed by atoms with van der Waals surface area (Å²) >= 11 is 0. The van der Waals surface area contributed by atoms with Gasteiger partial charge in [0.15, 0.2) is 6.29 Å². The Morgan fingerprint density at radius 2 is 0.714 bits per heavy atom. The maximum atomic E-state index is 13.1. The van der Waals surface area contributed by atoms with Gasteiger partial charge in [0.1, 0.15) is 24.4 Å². The van der Waals surface area contributed by atoms with Crippen molar-refractivity contribution in [2.75, 3.05) is 19.8 Å². The molecule has 1 saturated heterocycles. The highest BCUT2D eigenvalue weighted by Crippen LogP contribution is 2.24. The molecule has 1 heterocycles. The third kappa shape index (κ3) is 57.8. The van der Waals surface area contributed by atoms with Crippen LogP contribution in [0.3, 0.4) is 0 Å². The molecule has 0 aromatic carbocycles. The van der Waals surface area contributed by atoms with E-state index in [2.05, 4.69) is 43.5 Å². The summed E-state index contributed by atoms with van der Waals surface area (Å²) in [4.78, 5) is 25.1. The van der Waals surface area contributed by atoms with E-state index >= 15 is 0 Å². The zero-order valence-corrected chi connectivity index (χ0v) is 59.8. The Hall–Kier alpha value is -2.12.